The second kappa shape index (κ2) is 6.97. The molecule has 1 rings (SSSR count). The summed E-state index contributed by atoms with van der Waals surface area (Å²) in [7, 11) is 2.01. The molecule has 1 amide bonds. The van der Waals surface area contributed by atoms with Crippen molar-refractivity contribution < 1.29 is 4.79 Å². The summed E-state index contributed by atoms with van der Waals surface area (Å²) in [4.78, 5) is 13.8. The van der Waals surface area contributed by atoms with Crippen LogP contribution >= 0.6 is 0 Å². The van der Waals surface area contributed by atoms with Crippen LogP contribution in [0.25, 0.3) is 0 Å². The van der Waals surface area contributed by atoms with E-state index in [-0.39, 0.29) is 11.9 Å². The Morgan fingerprint density at radius 3 is 2.71 bits per heavy atom. The molecule has 0 aromatic carbocycles. The average Bonchev–Trinajstić information content (AvgIpc) is 2.14. The standard InChI is InChI=1S/C13H27N3O/c1-4-5-10(2)15-13(17)9-16(3)8-11-6-12(14)7-11/h10-12H,4-9,14H2,1-3H3,(H,15,17). The van der Waals surface area contributed by atoms with Crippen LogP contribution in [0.15, 0.2) is 0 Å². The predicted molar refractivity (Wildman–Crippen MR) is 70.7 cm³/mol. The second-order valence-corrected chi connectivity index (χ2v) is 5.55. The van der Waals surface area contributed by atoms with Crippen LogP contribution in [-0.2, 0) is 4.79 Å². The molecule has 0 saturated heterocycles. The summed E-state index contributed by atoms with van der Waals surface area (Å²) in [5, 5.41) is 3.02. The highest BCUT2D eigenvalue weighted by atomic mass is 16.2. The molecule has 1 aliphatic carbocycles. The van der Waals surface area contributed by atoms with Crippen LogP contribution < -0.4 is 11.1 Å². The van der Waals surface area contributed by atoms with E-state index in [2.05, 4.69) is 24.1 Å². The molecule has 0 heterocycles. The van der Waals surface area contributed by atoms with E-state index in [0.29, 0.717) is 18.5 Å². The van der Waals surface area contributed by atoms with Crippen LogP contribution in [0.5, 0.6) is 0 Å². The number of hydrogen-bond donors (Lipinski definition) is 2. The topological polar surface area (TPSA) is 58.4 Å². The lowest BCUT2D eigenvalue weighted by Gasteiger charge is -2.35. The molecule has 1 atom stereocenters. The summed E-state index contributed by atoms with van der Waals surface area (Å²) in [5.74, 6) is 0.827. The first-order valence-electron chi connectivity index (χ1n) is 6.74. The third-order valence-corrected chi connectivity index (χ3v) is 3.38. The molecule has 0 spiro atoms. The van der Waals surface area contributed by atoms with Gasteiger partial charge in [-0.1, -0.05) is 13.3 Å². The summed E-state index contributed by atoms with van der Waals surface area (Å²) >= 11 is 0. The second-order valence-electron chi connectivity index (χ2n) is 5.55. The van der Waals surface area contributed by atoms with Crippen molar-refractivity contribution in [2.45, 2.75) is 51.6 Å². The van der Waals surface area contributed by atoms with Gasteiger partial charge in [0.2, 0.25) is 5.91 Å². The summed E-state index contributed by atoms with van der Waals surface area (Å²) in [6.45, 7) is 5.68. The van der Waals surface area contributed by atoms with Gasteiger partial charge in [0.05, 0.1) is 6.54 Å². The van der Waals surface area contributed by atoms with Gasteiger partial charge in [0.1, 0.15) is 0 Å². The number of nitrogens with one attached hydrogen (secondary N) is 1. The molecule has 1 aliphatic rings. The number of amides is 1. The number of likely N-dealkylation sites (N-methyl/N-ethyl adjacent to an activating group) is 1. The van der Waals surface area contributed by atoms with Crippen molar-refractivity contribution in [2.75, 3.05) is 20.1 Å². The quantitative estimate of drug-likeness (QED) is 0.698. The summed E-state index contributed by atoms with van der Waals surface area (Å²) in [6.07, 6.45) is 4.38. The Morgan fingerprint density at radius 1 is 1.53 bits per heavy atom. The van der Waals surface area contributed by atoms with Crippen LogP contribution in [0, 0.1) is 5.92 Å². The van der Waals surface area contributed by atoms with Gasteiger partial charge in [-0.25, -0.2) is 0 Å². The van der Waals surface area contributed by atoms with Gasteiger partial charge in [-0.3, -0.25) is 9.69 Å². The maximum Gasteiger partial charge on any atom is 0.234 e. The van der Waals surface area contributed by atoms with Gasteiger partial charge in [-0.05, 0) is 39.2 Å². The van der Waals surface area contributed by atoms with Gasteiger partial charge in [0.25, 0.3) is 0 Å². The molecule has 0 bridgehead atoms. The highest BCUT2D eigenvalue weighted by molar-refractivity contribution is 5.78. The van der Waals surface area contributed by atoms with Gasteiger partial charge in [-0.15, -0.1) is 0 Å². The number of carbonyl (C=O) groups is 1. The van der Waals surface area contributed by atoms with E-state index >= 15 is 0 Å². The van der Waals surface area contributed by atoms with Gasteiger partial charge < -0.3 is 11.1 Å². The number of carbonyl (C=O) groups excluding carboxylic acids is 1. The molecule has 0 radical (unpaired) electrons. The first-order valence-corrected chi connectivity index (χ1v) is 6.74. The zero-order valence-electron chi connectivity index (χ0n) is 11.4. The number of nitrogens with two attached hydrogens (primary N) is 1. The summed E-state index contributed by atoms with van der Waals surface area (Å²) in [6, 6.07) is 0.685. The van der Waals surface area contributed by atoms with Gasteiger partial charge in [-0.2, -0.15) is 0 Å². The van der Waals surface area contributed by atoms with Crippen molar-refractivity contribution in [1.82, 2.24) is 10.2 Å². The average molecular weight is 241 g/mol. The van der Waals surface area contributed by atoms with Crippen molar-refractivity contribution in [1.29, 1.82) is 0 Å². The van der Waals surface area contributed by atoms with Gasteiger partial charge in [0.15, 0.2) is 0 Å². The monoisotopic (exact) mass is 241 g/mol. The largest absolute Gasteiger partial charge is 0.353 e. The van der Waals surface area contributed by atoms with E-state index in [9.17, 15) is 4.79 Å². The van der Waals surface area contributed by atoms with E-state index in [1.54, 1.807) is 0 Å². The van der Waals surface area contributed by atoms with Gasteiger partial charge in [0, 0.05) is 18.6 Å². The molecule has 0 aromatic rings. The van der Waals surface area contributed by atoms with Crippen molar-refractivity contribution >= 4 is 5.91 Å². The Kier molecular flexibility index (Phi) is 5.92. The Bertz CT molecular complexity index is 239. The zero-order chi connectivity index (χ0) is 12.8. The minimum Gasteiger partial charge on any atom is -0.353 e. The minimum atomic E-state index is 0.136. The number of rotatable bonds is 7. The molecular weight excluding hydrogens is 214 g/mol. The molecule has 0 aromatic heterocycles. The molecule has 100 valence electrons. The maximum atomic E-state index is 11.7. The fourth-order valence-corrected chi connectivity index (χ4v) is 2.51. The molecule has 4 nitrogen and oxygen atoms in total. The summed E-state index contributed by atoms with van der Waals surface area (Å²) < 4.78 is 0. The van der Waals surface area contributed by atoms with Crippen LogP contribution in [-0.4, -0.2) is 43.0 Å². The van der Waals surface area contributed by atoms with E-state index in [1.165, 1.54) is 0 Å². The molecular formula is C13H27N3O. The third-order valence-electron chi connectivity index (χ3n) is 3.38. The molecule has 3 N–H and O–H groups in total. The number of hydrogen-bond acceptors (Lipinski definition) is 3. The Balaban J connectivity index is 2.12. The lowest BCUT2D eigenvalue weighted by molar-refractivity contribution is -0.122. The Morgan fingerprint density at radius 2 is 2.18 bits per heavy atom. The Labute approximate surface area is 105 Å². The molecule has 1 saturated carbocycles. The van der Waals surface area contributed by atoms with Crippen molar-refractivity contribution in [3.05, 3.63) is 0 Å². The maximum absolute atomic E-state index is 11.7. The molecule has 0 aliphatic heterocycles. The van der Waals surface area contributed by atoms with Crippen molar-refractivity contribution in [3.8, 4) is 0 Å². The lowest BCUT2D eigenvalue weighted by atomic mass is 9.80. The fourth-order valence-electron chi connectivity index (χ4n) is 2.51. The van der Waals surface area contributed by atoms with Crippen LogP contribution in [0.2, 0.25) is 0 Å². The van der Waals surface area contributed by atoms with Gasteiger partial charge >= 0.3 is 0 Å². The van der Waals surface area contributed by atoms with E-state index in [0.717, 1.165) is 32.2 Å². The van der Waals surface area contributed by atoms with E-state index < -0.39 is 0 Å². The van der Waals surface area contributed by atoms with E-state index in [4.69, 9.17) is 5.73 Å². The van der Waals surface area contributed by atoms with Crippen molar-refractivity contribution in [3.63, 3.8) is 0 Å². The third kappa shape index (κ3) is 5.50. The normalized spacial score (nSPS) is 25.5. The molecule has 1 fully saturated rings. The molecule has 4 heteroatoms. The first-order chi connectivity index (χ1) is 8.01. The van der Waals surface area contributed by atoms with E-state index in [1.807, 2.05) is 7.05 Å². The highest BCUT2D eigenvalue weighted by Gasteiger charge is 2.27. The molecule has 1 unspecified atom stereocenters. The summed E-state index contributed by atoms with van der Waals surface area (Å²) in [5.41, 5.74) is 5.75. The Hall–Kier alpha value is -0.610. The smallest absolute Gasteiger partial charge is 0.234 e. The first kappa shape index (κ1) is 14.5. The molecule has 17 heavy (non-hydrogen) atoms. The van der Waals surface area contributed by atoms with Crippen LogP contribution in [0.3, 0.4) is 0 Å². The SMILES string of the molecule is CCCC(C)NC(=O)CN(C)CC1CC(N)C1. The highest BCUT2D eigenvalue weighted by Crippen LogP contribution is 2.25. The van der Waals surface area contributed by atoms with Crippen LogP contribution in [0.1, 0.15) is 39.5 Å². The predicted octanol–water partition coefficient (Wildman–Crippen LogP) is 0.960. The lowest BCUT2D eigenvalue weighted by Crippen LogP contribution is -2.45. The fraction of sp³-hybridized carbons (Fsp3) is 0.923. The zero-order valence-corrected chi connectivity index (χ0v) is 11.4. The minimum absolute atomic E-state index is 0.136. The number of nitrogens with zero attached hydrogens (tertiary/aromatic N) is 1. The van der Waals surface area contributed by atoms with Crippen LogP contribution in [0.4, 0.5) is 0 Å². The van der Waals surface area contributed by atoms with Crippen molar-refractivity contribution in [2.24, 2.45) is 11.7 Å².